The first-order valence-corrected chi connectivity index (χ1v) is 13.1. The number of benzene rings is 2. The van der Waals surface area contributed by atoms with Crippen molar-refractivity contribution in [1.82, 2.24) is 10.2 Å². The van der Waals surface area contributed by atoms with Gasteiger partial charge in [-0.25, -0.2) is 8.42 Å². The van der Waals surface area contributed by atoms with Crippen LogP contribution in [-0.2, 0) is 26.0 Å². The normalized spacial score (nSPS) is 12.2. The van der Waals surface area contributed by atoms with Crippen LogP contribution in [0.3, 0.4) is 0 Å². The van der Waals surface area contributed by atoms with E-state index in [0.717, 1.165) is 33.7 Å². The smallest absolute Gasteiger partial charge is 0.244 e. The number of aryl methyl sites for hydroxylation is 2. The third kappa shape index (κ3) is 7.60. The van der Waals surface area contributed by atoms with Crippen molar-refractivity contribution in [2.24, 2.45) is 0 Å². The van der Waals surface area contributed by atoms with Gasteiger partial charge in [0.1, 0.15) is 12.6 Å². The maximum absolute atomic E-state index is 13.5. The van der Waals surface area contributed by atoms with Crippen LogP contribution < -0.4 is 9.62 Å². The van der Waals surface area contributed by atoms with E-state index >= 15 is 0 Å². The van der Waals surface area contributed by atoms with E-state index in [1.165, 1.54) is 4.90 Å². The van der Waals surface area contributed by atoms with Gasteiger partial charge in [-0.15, -0.1) is 0 Å². The molecule has 1 unspecified atom stereocenters. The molecule has 2 amide bonds. The molecule has 0 heterocycles. The molecule has 0 aromatic heterocycles. The summed E-state index contributed by atoms with van der Waals surface area (Å²) in [6.07, 6.45) is 2.43. The van der Waals surface area contributed by atoms with Gasteiger partial charge in [0.2, 0.25) is 21.8 Å². The van der Waals surface area contributed by atoms with Crippen molar-refractivity contribution in [3.05, 3.63) is 65.2 Å². The first-order chi connectivity index (χ1) is 15.5. The Bertz CT molecular complexity index is 1050. The summed E-state index contributed by atoms with van der Waals surface area (Å²) in [7, 11) is -3.73. The number of rotatable bonds is 11. The molecule has 7 nitrogen and oxygen atoms in total. The molecule has 0 aliphatic carbocycles. The molecule has 180 valence electrons. The summed E-state index contributed by atoms with van der Waals surface area (Å²) in [6, 6.07) is 14.4. The van der Waals surface area contributed by atoms with Gasteiger partial charge in [-0.05, 0) is 56.4 Å². The first kappa shape index (κ1) is 26.4. The molecular formula is C25H35N3O4S. The van der Waals surface area contributed by atoms with Crippen LogP contribution in [0.4, 0.5) is 5.69 Å². The second kappa shape index (κ2) is 11.8. The van der Waals surface area contributed by atoms with Crippen LogP contribution in [0.15, 0.2) is 48.5 Å². The predicted octanol–water partition coefficient (Wildman–Crippen LogP) is 3.06. The van der Waals surface area contributed by atoms with E-state index in [4.69, 9.17) is 0 Å². The third-order valence-corrected chi connectivity index (χ3v) is 6.64. The van der Waals surface area contributed by atoms with Gasteiger partial charge in [-0.2, -0.15) is 0 Å². The van der Waals surface area contributed by atoms with Crippen LogP contribution in [-0.4, -0.2) is 57.1 Å². The van der Waals surface area contributed by atoms with Gasteiger partial charge < -0.3 is 10.2 Å². The van der Waals surface area contributed by atoms with E-state index in [-0.39, 0.29) is 12.5 Å². The Hall–Kier alpha value is -2.87. The fourth-order valence-electron chi connectivity index (χ4n) is 3.55. The van der Waals surface area contributed by atoms with Crippen LogP contribution in [0.25, 0.3) is 0 Å². The first-order valence-electron chi connectivity index (χ1n) is 11.2. The summed E-state index contributed by atoms with van der Waals surface area (Å²) in [5.74, 6) is -0.674. The predicted molar refractivity (Wildman–Crippen MR) is 133 cm³/mol. The van der Waals surface area contributed by atoms with Gasteiger partial charge in [0, 0.05) is 13.1 Å². The summed E-state index contributed by atoms with van der Waals surface area (Å²) in [5.41, 5.74) is 3.15. The number of nitrogens with one attached hydrogen (secondary N) is 1. The lowest BCUT2D eigenvalue weighted by atomic mass is 10.1. The number of carbonyl (C=O) groups is 2. The zero-order valence-corrected chi connectivity index (χ0v) is 21.0. The molecule has 0 aliphatic heterocycles. The van der Waals surface area contributed by atoms with Gasteiger partial charge in [0.15, 0.2) is 0 Å². The number of anilines is 1. The standard InChI is InChI=1S/C25H35N3O4S/c1-6-15-26-25(30)21(4)27(16-14-22-10-8-7-9-11-22)24(29)18-28(33(5,31)32)23-17-19(2)12-13-20(23)3/h7-13,17,21H,6,14-16,18H2,1-5H3,(H,26,30). The fraction of sp³-hybridized carbons (Fsp3) is 0.440. The number of hydrogen-bond acceptors (Lipinski definition) is 4. The van der Waals surface area contributed by atoms with E-state index in [1.807, 2.05) is 63.2 Å². The number of carbonyl (C=O) groups excluding carboxylic acids is 2. The van der Waals surface area contributed by atoms with Gasteiger partial charge in [-0.3, -0.25) is 13.9 Å². The van der Waals surface area contributed by atoms with Crippen molar-refractivity contribution in [2.45, 2.75) is 46.6 Å². The van der Waals surface area contributed by atoms with Crippen molar-refractivity contribution in [3.8, 4) is 0 Å². The highest BCUT2D eigenvalue weighted by Crippen LogP contribution is 2.24. The van der Waals surface area contributed by atoms with E-state index in [9.17, 15) is 18.0 Å². The summed E-state index contributed by atoms with van der Waals surface area (Å²) < 4.78 is 26.4. The van der Waals surface area contributed by atoms with Crippen LogP contribution in [0, 0.1) is 13.8 Å². The maximum Gasteiger partial charge on any atom is 0.244 e. The average Bonchev–Trinajstić information content (AvgIpc) is 2.77. The molecular weight excluding hydrogens is 438 g/mol. The second-order valence-corrected chi connectivity index (χ2v) is 10.3. The van der Waals surface area contributed by atoms with Crippen molar-refractivity contribution in [3.63, 3.8) is 0 Å². The highest BCUT2D eigenvalue weighted by atomic mass is 32.2. The monoisotopic (exact) mass is 473 g/mol. The molecule has 1 N–H and O–H groups in total. The van der Waals surface area contributed by atoms with Crippen molar-refractivity contribution < 1.29 is 18.0 Å². The third-order valence-electron chi connectivity index (χ3n) is 5.51. The van der Waals surface area contributed by atoms with Crippen LogP contribution in [0.5, 0.6) is 0 Å². The molecule has 0 saturated carbocycles. The molecule has 8 heteroatoms. The Kier molecular flexibility index (Phi) is 9.46. The largest absolute Gasteiger partial charge is 0.354 e. The van der Waals surface area contributed by atoms with E-state index in [0.29, 0.717) is 25.2 Å². The fourth-order valence-corrected chi connectivity index (χ4v) is 4.45. The molecule has 0 bridgehead atoms. The molecule has 0 fully saturated rings. The summed E-state index contributed by atoms with van der Waals surface area (Å²) in [4.78, 5) is 27.6. The Morgan fingerprint density at radius 1 is 1.06 bits per heavy atom. The molecule has 0 saturated heterocycles. The zero-order chi connectivity index (χ0) is 24.6. The topological polar surface area (TPSA) is 86.8 Å². The maximum atomic E-state index is 13.5. The van der Waals surface area contributed by atoms with Crippen molar-refractivity contribution in [2.75, 3.05) is 30.2 Å². The lowest BCUT2D eigenvalue weighted by Crippen LogP contribution is -2.52. The van der Waals surface area contributed by atoms with Crippen LogP contribution in [0.1, 0.15) is 37.0 Å². The number of hydrogen-bond donors (Lipinski definition) is 1. The summed E-state index contributed by atoms with van der Waals surface area (Å²) in [5, 5.41) is 2.83. The minimum atomic E-state index is -3.73. The molecule has 2 aromatic carbocycles. The summed E-state index contributed by atoms with van der Waals surface area (Å²) >= 11 is 0. The van der Waals surface area contributed by atoms with Crippen LogP contribution >= 0.6 is 0 Å². The minimum absolute atomic E-state index is 0.254. The molecule has 2 rings (SSSR count). The summed E-state index contributed by atoms with van der Waals surface area (Å²) in [6.45, 7) is 7.76. The molecule has 0 spiro atoms. The van der Waals surface area contributed by atoms with E-state index in [1.54, 1.807) is 13.0 Å². The van der Waals surface area contributed by atoms with Crippen molar-refractivity contribution in [1.29, 1.82) is 0 Å². The number of amides is 2. The zero-order valence-electron chi connectivity index (χ0n) is 20.2. The molecule has 1 atom stereocenters. The van der Waals surface area contributed by atoms with E-state index in [2.05, 4.69) is 5.32 Å². The molecule has 0 aliphatic rings. The lowest BCUT2D eigenvalue weighted by molar-refractivity contribution is -0.138. The number of nitrogens with zero attached hydrogens (tertiary/aromatic N) is 2. The van der Waals surface area contributed by atoms with Gasteiger partial charge in [0.05, 0.1) is 11.9 Å². The quantitative estimate of drug-likeness (QED) is 0.543. The van der Waals surface area contributed by atoms with E-state index < -0.39 is 22.0 Å². The van der Waals surface area contributed by atoms with Crippen molar-refractivity contribution >= 4 is 27.5 Å². The van der Waals surface area contributed by atoms with Gasteiger partial charge in [0.25, 0.3) is 0 Å². The highest BCUT2D eigenvalue weighted by molar-refractivity contribution is 7.92. The Balaban J connectivity index is 2.33. The molecule has 33 heavy (non-hydrogen) atoms. The Morgan fingerprint density at radius 3 is 2.33 bits per heavy atom. The number of sulfonamides is 1. The second-order valence-electron chi connectivity index (χ2n) is 8.35. The Morgan fingerprint density at radius 2 is 1.73 bits per heavy atom. The SMILES string of the molecule is CCCNC(=O)C(C)N(CCc1ccccc1)C(=O)CN(c1cc(C)ccc1C)S(C)(=O)=O. The lowest BCUT2D eigenvalue weighted by Gasteiger charge is -2.32. The molecule has 0 radical (unpaired) electrons. The highest BCUT2D eigenvalue weighted by Gasteiger charge is 2.30. The molecule has 2 aromatic rings. The average molecular weight is 474 g/mol. The Labute approximate surface area is 197 Å². The van der Waals surface area contributed by atoms with Gasteiger partial charge in [-0.1, -0.05) is 49.4 Å². The van der Waals surface area contributed by atoms with Gasteiger partial charge >= 0.3 is 0 Å². The van der Waals surface area contributed by atoms with Crippen LogP contribution in [0.2, 0.25) is 0 Å². The minimum Gasteiger partial charge on any atom is -0.354 e.